The molecule has 0 bridgehead atoms. The molecule has 2 rings (SSSR count). The molecule has 1 aromatic heterocycles. The molecule has 1 aromatic carbocycles. The Kier molecular flexibility index (Phi) is 2.19. The van der Waals surface area contributed by atoms with Gasteiger partial charge in [0, 0.05) is 6.54 Å². The molecule has 2 aromatic rings. The lowest BCUT2D eigenvalue weighted by atomic mass is 10.3. The van der Waals surface area contributed by atoms with Crippen molar-refractivity contribution in [2.45, 2.75) is 19.9 Å². The fourth-order valence-corrected chi connectivity index (χ4v) is 1.64. The molecule has 70 valence electrons. The van der Waals surface area contributed by atoms with Gasteiger partial charge in [-0.25, -0.2) is 4.98 Å². The third-order valence-corrected chi connectivity index (χ3v) is 2.29. The third kappa shape index (κ3) is 1.35. The van der Waals surface area contributed by atoms with Crippen LogP contribution in [0.1, 0.15) is 12.2 Å². The average Bonchev–Trinajstić information content (AvgIpc) is 2.51. The van der Waals surface area contributed by atoms with Crippen molar-refractivity contribution in [2.75, 3.05) is 0 Å². The minimum atomic E-state index is 0.529. The van der Waals surface area contributed by atoms with E-state index < -0.39 is 0 Å². The van der Waals surface area contributed by atoms with Gasteiger partial charge in [0.1, 0.15) is 5.82 Å². The Hall–Kier alpha value is -1.82. The van der Waals surface area contributed by atoms with E-state index >= 15 is 0 Å². The number of hydrogen-bond acceptors (Lipinski definition) is 2. The van der Waals surface area contributed by atoms with Gasteiger partial charge in [0.2, 0.25) is 0 Å². The second-order valence-electron chi connectivity index (χ2n) is 3.21. The van der Waals surface area contributed by atoms with Crippen LogP contribution in [0.5, 0.6) is 0 Å². The SMILES string of the molecule is Cc1nc2ccccc2n1CCC#N. The minimum Gasteiger partial charge on any atom is -0.327 e. The van der Waals surface area contributed by atoms with E-state index in [1.807, 2.05) is 31.2 Å². The predicted molar refractivity (Wildman–Crippen MR) is 54.7 cm³/mol. The minimum absolute atomic E-state index is 0.529. The van der Waals surface area contributed by atoms with E-state index in [2.05, 4.69) is 15.6 Å². The summed E-state index contributed by atoms with van der Waals surface area (Å²) in [6.07, 6.45) is 0.529. The molecule has 0 aliphatic heterocycles. The quantitative estimate of drug-likeness (QED) is 0.720. The number of fused-ring (bicyclic) bond motifs is 1. The summed E-state index contributed by atoms with van der Waals surface area (Å²) >= 11 is 0. The number of hydrogen-bond donors (Lipinski definition) is 0. The number of rotatable bonds is 2. The van der Waals surface area contributed by atoms with Crippen LogP contribution < -0.4 is 0 Å². The molecule has 0 saturated carbocycles. The molecule has 3 heteroatoms. The monoisotopic (exact) mass is 185 g/mol. The molecule has 0 fully saturated rings. The van der Waals surface area contributed by atoms with Crippen LogP contribution in [0.15, 0.2) is 24.3 Å². The van der Waals surface area contributed by atoms with Crippen LogP contribution in [0.2, 0.25) is 0 Å². The Morgan fingerprint density at radius 2 is 2.21 bits per heavy atom. The fraction of sp³-hybridized carbons (Fsp3) is 0.273. The lowest BCUT2D eigenvalue weighted by Crippen LogP contribution is -1.99. The smallest absolute Gasteiger partial charge is 0.106 e. The molecule has 0 N–H and O–H groups in total. The molecule has 0 aliphatic carbocycles. The van der Waals surface area contributed by atoms with Crippen LogP contribution in [0.4, 0.5) is 0 Å². The number of imidazole rings is 1. The summed E-state index contributed by atoms with van der Waals surface area (Å²) in [7, 11) is 0. The van der Waals surface area contributed by atoms with E-state index in [-0.39, 0.29) is 0 Å². The molecule has 0 atom stereocenters. The number of para-hydroxylation sites is 2. The van der Waals surface area contributed by atoms with Crippen molar-refractivity contribution in [3.63, 3.8) is 0 Å². The number of benzene rings is 1. The summed E-state index contributed by atoms with van der Waals surface area (Å²) in [6, 6.07) is 10.1. The van der Waals surface area contributed by atoms with Crippen LogP contribution in [0, 0.1) is 18.3 Å². The summed E-state index contributed by atoms with van der Waals surface area (Å²) in [5, 5.41) is 8.54. The van der Waals surface area contributed by atoms with E-state index in [1.165, 1.54) is 0 Å². The Balaban J connectivity index is 2.52. The van der Waals surface area contributed by atoms with Crippen molar-refractivity contribution in [1.82, 2.24) is 9.55 Å². The van der Waals surface area contributed by atoms with Crippen molar-refractivity contribution in [2.24, 2.45) is 0 Å². The van der Waals surface area contributed by atoms with Crippen LogP contribution in [0.3, 0.4) is 0 Å². The van der Waals surface area contributed by atoms with Gasteiger partial charge in [-0.15, -0.1) is 0 Å². The van der Waals surface area contributed by atoms with Crippen molar-refractivity contribution in [3.8, 4) is 6.07 Å². The molecule has 0 saturated heterocycles. The van der Waals surface area contributed by atoms with Gasteiger partial charge in [0.15, 0.2) is 0 Å². The van der Waals surface area contributed by atoms with Crippen molar-refractivity contribution >= 4 is 11.0 Å². The van der Waals surface area contributed by atoms with Gasteiger partial charge in [0.25, 0.3) is 0 Å². The van der Waals surface area contributed by atoms with Gasteiger partial charge < -0.3 is 4.57 Å². The summed E-state index contributed by atoms with van der Waals surface area (Å²) in [5.41, 5.74) is 2.11. The molecule has 0 spiro atoms. The van der Waals surface area contributed by atoms with E-state index in [1.54, 1.807) is 0 Å². The zero-order chi connectivity index (χ0) is 9.97. The lowest BCUT2D eigenvalue weighted by molar-refractivity contribution is 0.710. The summed E-state index contributed by atoms with van der Waals surface area (Å²) in [5.74, 6) is 0.974. The molecule has 0 amide bonds. The van der Waals surface area contributed by atoms with Crippen molar-refractivity contribution in [3.05, 3.63) is 30.1 Å². The average molecular weight is 185 g/mol. The second kappa shape index (κ2) is 3.51. The summed E-state index contributed by atoms with van der Waals surface area (Å²) in [4.78, 5) is 4.42. The molecule has 0 radical (unpaired) electrons. The molecule has 0 aliphatic rings. The van der Waals surface area contributed by atoms with E-state index in [9.17, 15) is 0 Å². The van der Waals surface area contributed by atoms with Crippen LogP contribution in [-0.4, -0.2) is 9.55 Å². The maximum Gasteiger partial charge on any atom is 0.106 e. The second-order valence-corrected chi connectivity index (χ2v) is 3.21. The molecular weight excluding hydrogens is 174 g/mol. The number of aryl methyl sites for hydroxylation is 2. The summed E-state index contributed by atoms with van der Waals surface area (Å²) in [6.45, 7) is 2.69. The molecular formula is C11H11N3. The van der Waals surface area contributed by atoms with E-state index in [4.69, 9.17) is 5.26 Å². The van der Waals surface area contributed by atoms with Crippen molar-refractivity contribution < 1.29 is 0 Å². The van der Waals surface area contributed by atoms with Gasteiger partial charge in [0.05, 0.1) is 23.5 Å². The van der Waals surface area contributed by atoms with Gasteiger partial charge in [-0.2, -0.15) is 5.26 Å². The third-order valence-electron chi connectivity index (χ3n) is 2.29. The highest BCUT2D eigenvalue weighted by Crippen LogP contribution is 2.15. The normalized spacial score (nSPS) is 10.3. The highest BCUT2D eigenvalue weighted by atomic mass is 15.1. The molecule has 14 heavy (non-hydrogen) atoms. The highest BCUT2D eigenvalue weighted by Gasteiger charge is 2.04. The Morgan fingerprint density at radius 1 is 1.43 bits per heavy atom. The first-order valence-electron chi connectivity index (χ1n) is 4.62. The Bertz CT molecular complexity index is 491. The first kappa shape index (κ1) is 8.76. The van der Waals surface area contributed by atoms with Crippen LogP contribution in [-0.2, 0) is 6.54 Å². The van der Waals surface area contributed by atoms with Gasteiger partial charge >= 0.3 is 0 Å². The van der Waals surface area contributed by atoms with E-state index in [0.29, 0.717) is 6.42 Å². The number of nitrogens with zero attached hydrogens (tertiary/aromatic N) is 3. The Morgan fingerprint density at radius 3 is 3.00 bits per heavy atom. The largest absolute Gasteiger partial charge is 0.327 e. The molecule has 1 heterocycles. The molecule has 3 nitrogen and oxygen atoms in total. The van der Waals surface area contributed by atoms with Crippen LogP contribution in [0.25, 0.3) is 11.0 Å². The standard InChI is InChI=1S/C11H11N3/c1-9-13-10-5-2-3-6-11(10)14(9)8-4-7-12/h2-3,5-6H,4,8H2,1H3. The van der Waals surface area contributed by atoms with Gasteiger partial charge in [-0.1, -0.05) is 12.1 Å². The highest BCUT2D eigenvalue weighted by molar-refractivity contribution is 5.75. The molecule has 0 unspecified atom stereocenters. The van der Waals surface area contributed by atoms with Gasteiger partial charge in [-0.05, 0) is 19.1 Å². The topological polar surface area (TPSA) is 41.6 Å². The predicted octanol–water partition coefficient (Wildman–Crippen LogP) is 2.26. The maximum absolute atomic E-state index is 8.54. The van der Waals surface area contributed by atoms with Gasteiger partial charge in [-0.3, -0.25) is 0 Å². The maximum atomic E-state index is 8.54. The first-order chi connectivity index (χ1) is 6.83. The van der Waals surface area contributed by atoms with Crippen LogP contribution >= 0.6 is 0 Å². The number of nitriles is 1. The van der Waals surface area contributed by atoms with Crippen molar-refractivity contribution in [1.29, 1.82) is 5.26 Å². The Labute approximate surface area is 82.6 Å². The first-order valence-corrected chi connectivity index (χ1v) is 4.62. The van der Waals surface area contributed by atoms with E-state index in [0.717, 1.165) is 23.4 Å². The zero-order valence-electron chi connectivity index (χ0n) is 8.07. The zero-order valence-corrected chi connectivity index (χ0v) is 8.07. The summed E-state index contributed by atoms with van der Waals surface area (Å²) < 4.78 is 2.08. The number of aromatic nitrogens is 2. The fourth-order valence-electron chi connectivity index (χ4n) is 1.64. The lowest BCUT2D eigenvalue weighted by Gasteiger charge is -2.02.